The van der Waals surface area contributed by atoms with Gasteiger partial charge in [0.25, 0.3) is 0 Å². The minimum atomic E-state index is 0.952. The van der Waals surface area contributed by atoms with Crippen molar-refractivity contribution >= 4 is 18.3 Å². The summed E-state index contributed by atoms with van der Waals surface area (Å²) in [6, 6.07) is 10.2. The molecule has 0 aliphatic carbocycles. The van der Waals surface area contributed by atoms with Crippen LogP contribution in [0.15, 0.2) is 30.3 Å². The van der Waals surface area contributed by atoms with Crippen LogP contribution in [-0.4, -0.2) is 6.54 Å². The molecular weight excluding hydrogens is 154 g/mol. The molecule has 0 saturated heterocycles. The van der Waals surface area contributed by atoms with Crippen LogP contribution in [0.5, 0.6) is 0 Å². The predicted octanol–water partition coefficient (Wildman–Crippen LogP) is 2.58. The van der Waals surface area contributed by atoms with Gasteiger partial charge in [0.1, 0.15) is 0 Å². The first kappa shape index (κ1) is 8.47. The van der Waals surface area contributed by atoms with Gasteiger partial charge < -0.3 is 5.32 Å². The van der Waals surface area contributed by atoms with Crippen molar-refractivity contribution in [2.24, 2.45) is 0 Å². The quantitative estimate of drug-likeness (QED) is 0.517. The van der Waals surface area contributed by atoms with Crippen molar-refractivity contribution in [3.63, 3.8) is 0 Å². The Labute approximate surface area is 73.2 Å². The van der Waals surface area contributed by atoms with Gasteiger partial charge in [-0.15, -0.1) is 0 Å². The molecule has 11 heavy (non-hydrogen) atoms. The van der Waals surface area contributed by atoms with Crippen LogP contribution in [0, 0.1) is 5.75 Å². The molecule has 0 spiro atoms. The predicted molar refractivity (Wildman–Crippen MR) is 52.8 cm³/mol. The van der Waals surface area contributed by atoms with Crippen molar-refractivity contribution in [1.82, 2.24) is 0 Å². The van der Waals surface area contributed by atoms with Crippen LogP contribution in [0.2, 0.25) is 0 Å². The molecular formula is C9H12NS. The number of hydrogen-bond donors (Lipinski definition) is 2. The van der Waals surface area contributed by atoms with Gasteiger partial charge in [0.15, 0.2) is 0 Å². The maximum Gasteiger partial charge on any atom is 0.0340 e. The molecule has 0 fully saturated rings. The summed E-state index contributed by atoms with van der Waals surface area (Å²) in [6.45, 7) is 0.952. The van der Waals surface area contributed by atoms with Crippen molar-refractivity contribution in [3.8, 4) is 0 Å². The van der Waals surface area contributed by atoms with Crippen LogP contribution in [0.4, 0.5) is 5.69 Å². The van der Waals surface area contributed by atoms with E-state index in [1.165, 1.54) is 5.69 Å². The molecule has 59 valence electrons. The highest BCUT2D eigenvalue weighted by Gasteiger charge is 1.86. The SMILES string of the molecule is S[CH]CCNc1ccccc1. The fourth-order valence-electron chi connectivity index (χ4n) is 0.837. The van der Waals surface area contributed by atoms with Gasteiger partial charge in [-0.2, -0.15) is 12.6 Å². The van der Waals surface area contributed by atoms with E-state index in [1.807, 2.05) is 24.0 Å². The standard InChI is InChI=1S/C9H12NS/c11-8-4-7-10-9-5-2-1-3-6-9/h1-3,5-6,8,10-11H,4,7H2. The Balaban J connectivity index is 2.28. The molecule has 0 saturated carbocycles. The van der Waals surface area contributed by atoms with Crippen molar-refractivity contribution in [3.05, 3.63) is 36.1 Å². The van der Waals surface area contributed by atoms with Crippen LogP contribution in [0.1, 0.15) is 6.42 Å². The fourth-order valence-corrected chi connectivity index (χ4v) is 0.966. The zero-order valence-corrected chi connectivity index (χ0v) is 7.22. The van der Waals surface area contributed by atoms with Crippen molar-refractivity contribution in [1.29, 1.82) is 0 Å². The lowest BCUT2D eigenvalue weighted by Crippen LogP contribution is -1.99. The van der Waals surface area contributed by atoms with Gasteiger partial charge in [0, 0.05) is 18.0 Å². The Bertz CT molecular complexity index is 186. The summed E-state index contributed by atoms with van der Waals surface area (Å²) < 4.78 is 0. The van der Waals surface area contributed by atoms with E-state index in [1.54, 1.807) is 0 Å². The number of hydrogen-bond acceptors (Lipinski definition) is 2. The molecule has 0 unspecified atom stereocenters. The van der Waals surface area contributed by atoms with E-state index in [0.29, 0.717) is 0 Å². The Kier molecular flexibility index (Phi) is 3.91. The van der Waals surface area contributed by atoms with E-state index >= 15 is 0 Å². The summed E-state index contributed by atoms with van der Waals surface area (Å²) >= 11 is 4.00. The molecule has 1 nitrogen and oxygen atoms in total. The van der Waals surface area contributed by atoms with Crippen LogP contribution < -0.4 is 5.32 Å². The molecule has 0 aromatic heterocycles. The molecule has 2 heteroatoms. The average Bonchev–Trinajstić information content (AvgIpc) is 2.07. The lowest BCUT2D eigenvalue weighted by atomic mass is 10.3. The van der Waals surface area contributed by atoms with E-state index in [4.69, 9.17) is 0 Å². The van der Waals surface area contributed by atoms with Crippen LogP contribution in [0.3, 0.4) is 0 Å². The van der Waals surface area contributed by atoms with Crippen LogP contribution in [-0.2, 0) is 0 Å². The second-order valence-electron chi connectivity index (χ2n) is 2.26. The lowest BCUT2D eigenvalue weighted by molar-refractivity contribution is 1.05. The molecule has 1 N–H and O–H groups in total. The van der Waals surface area contributed by atoms with Crippen molar-refractivity contribution in [2.45, 2.75) is 6.42 Å². The summed E-state index contributed by atoms with van der Waals surface area (Å²) in [5.74, 6) is 1.86. The van der Waals surface area contributed by atoms with E-state index in [9.17, 15) is 0 Å². The first-order valence-electron chi connectivity index (χ1n) is 3.68. The molecule has 0 atom stereocenters. The summed E-state index contributed by atoms with van der Waals surface area (Å²) in [5.41, 5.74) is 1.17. The lowest BCUT2D eigenvalue weighted by Gasteiger charge is -2.02. The minimum absolute atomic E-state index is 0.952. The Morgan fingerprint density at radius 3 is 2.64 bits per heavy atom. The smallest absolute Gasteiger partial charge is 0.0340 e. The maximum atomic E-state index is 4.00. The molecule has 0 aliphatic heterocycles. The molecule has 1 aromatic carbocycles. The molecule has 0 bridgehead atoms. The van der Waals surface area contributed by atoms with Gasteiger partial charge in [0.05, 0.1) is 0 Å². The topological polar surface area (TPSA) is 12.0 Å². The van der Waals surface area contributed by atoms with E-state index in [2.05, 4.69) is 30.1 Å². The summed E-state index contributed by atoms with van der Waals surface area (Å²) in [5, 5.41) is 3.27. The van der Waals surface area contributed by atoms with Gasteiger partial charge in [-0.1, -0.05) is 18.2 Å². The Morgan fingerprint density at radius 2 is 2.00 bits per heavy atom. The Morgan fingerprint density at radius 1 is 1.27 bits per heavy atom. The minimum Gasteiger partial charge on any atom is -0.385 e. The third-order valence-electron chi connectivity index (χ3n) is 1.38. The molecule has 1 aromatic rings. The zero-order valence-electron chi connectivity index (χ0n) is 6.33. The monoisotopic (exact) mass is 166 g/mol. The zero-order chi connectivity index (χ0) is 7.94. The normalized spacial score (nSPS) is 9.55. The summed E-state index contributed by atoms with van der Waals surface area (Å²) in [6.07, 6.45) is 0.984. The number of nitrogens with one attached hydrogen (secondary N) is 1. The van der Waals surface area contributed by atoms with E-state index < -0.39 is 0 Å². The molecule has 1 radical (unpaired) electrons. The highest BCUT2D eigenvalue weighted by Crippen LogP contribution is 2.04. The highest BCUT2D eigenvalue weighted by atomic mass is 32.1. The molecule has 1 rings (SSSR count). The average molecular weight is 166 g/mol. The first-order valence-corrected chi connectivity index (χ1v) is 4.20. The van der Waals surface area contributed by atoms with Gasteiger partial charge in [-0.05, 0) is 18.6 Å². The summed E-state index contributed by atoms with van der Waals surface area (Å²) in [4.78, 5) is 0. The molecule has 0 heterocycles. The van der Waals surface area contributed by atoms with Gasteiger partial charge in [0.2, 0.25) is 0 Å². The van der Waals surface area contributed by atoms with Gasteiger partial charge in [-0.3, -0.25) is 0 Å². The van der Waals surface area contributed by atoms with Gasteiger partial charge in [-0.25, -0.2) is 0 Å². The first-order chi connectivity index (χ1) is 5.43. The van der Waals surface area contributed by atoms with Gasteiger partial charge >= 0.3 is 0 Å². The number of benzene rings is 1. The molecule has 0 amide bonds. The number of rotatable bonds is 4. The van der Waals surface area contributed by atoms with E-state index in [0.717, 1.165) is 13.0 Å². The van der Waals surface area contributed by atoms with Crippen molar-refractivity contribution < 1.29 is 0 Å². The second-order valence-corrected chi connectivity index (χ2v) is 2.63. The summed E-state index contributed by atoms with van der Waals surface area (Å²) in [7, 11) is 0. The third kappa shape index (κ3) is 3.33. The highest BCUT2D eigenvalue weighted by molar-refractivity contribution is 7.82. The fraction of sp³-hybridized carbons (Fsp3) is 0.222. The number of thiol groups is 1. The molecule has 0 aliphatic rings. The second kappa shape index (κ2) is 5.08. The van der Waals surface area contributed by atoms with E-state index in [-0.39, 0.29) is 0 Å². The largest absolute Gasteiger partial charge is 0.385 e. The van der Waals surface area contributed by atoms with Crippen molar-refractivity contribution in [2.75, 3.05) is 11.9 Å². The Hall–Kier alpha value is -0.630. The number of anilines is 1. The third-order valence-corrected chi connectivity index (χ3v) is 1.63. The number of para-hydroxylation sites is 1. The van der Waals surface area contributed by atoms with Crippen LogP contribution >= 0.6 is 12.6 Å². The maximum absolute atomic E-state index is 4.00. The van der Waals surface area contributed by atoms with Crippen LogP contribution in [0.25, 0.3) is 0 Å².